The van der Waals surface area contributed by atoms with E-state index in [4.69, 9.17) is 14.6 Å². The molecule has 0 spiro atoms. The van der Waals surface area contributed by atoms with Crippen molar-refractivity contribution < 1.29 is 27.8 Å². The lowest BCUT2D eigenvalue weighted by Crippen LogP contribution is -2.36. The summed E-state index contributed by atoms with van der Waals surface area (Å²) in [5, 5.41) is 15.5. The Morgan fingerprint density at radius 1 is 1.23 bits per heavy atom. The number of carboxylic acid groups (broad SMARTS) is 1. The molecule has 1 aromatic carbocycles. The van der Waals surface area contributed by atoms with Crippen molar-refractivity contribution in [1.82, 2.24) is 14.5 Å². The third-order valence-corrected chi connectivity index (χ3v) is 6.30. The molecule has 2 aliphatic heterocycles. The molecule has 0 saturated heterocycles. The Hall–Kier alpha value is -2.59. The number of ether oxygens (including phenoxy) is 2. The van der Waals surface area contributed by atoms with E-state index in [1.54, 1.807) is 6.07 Å². The highest BCUT2D eigenvalue weighted by Crippen LogP contribution is 2.34. The minimum absolute atomic E-state index is 0.0480. The monoisotopic (exact) mass is 379 g/mol. The first-order chi connectivity index (χ1) is 12.5. The Bertz CT molecular complexity index is 968. The van der Waals surface area contributed by atoms with Crippen LogP contribution in [0.5, 0.6) is 11.5 Å². The number of sulfonamides is 1. The maximum Gasteiger partial charge on any atom is 0.356 e. The van der Waals surface area contributed by atoms with E-state index in [0.717, 1.165) is 6.42 Å². The molecular formula is C16H17N3O6S. The van der Waals surface area contributed by atoms with Gasteiger partial charge in [-0.15, -0.1) is 0 Å². The van der Waals surface area contributed by atoms with Crippen molar-refractivity contribution in [3.8, 4) is 11.5 Å². The van der Waals surface area contributed by atoms with Gasteiger partial charge in [-0.3, -0.25) is 5.10 Å². The third-order valence-electron chi connectivity index (χ3n) is 4.46. The summed E-state index contributed by atoms with van der Waals surface area (Å²) in [6, 6.07) is 4.57. The number of fused-ring (bicyclic) bond motifs is 2. The van der Waals surface area contributed by atoms with Crippen LogP contribution in [0.4, 0.5) is 0 Å². The summed E-state index contributed by atoms with van der Waals surface area (Å²) >= 11 is 0. The van der Waals surface area contributed by atoms with Crippen LogP contribution in [0.15, 0.2) is 23.1 Å². The fourth-order valence-corrected chi connectivity index (χ4v) is 4.55. The number of aromatic amines is 1. The van der Waals surface area contributed by atoms with Crippen LogP contribution in [0.1, 0.15) is 28.2 Å². The van der Waals surface area contributed by atoms with Gasteiger partial charge in [0.25, 0.3) is 0 Å². The second-order valence-electron chi connectivity index (χ2n) is 6.08. The normalized spacial score (nSPS) is 17.4. The number of aromatic carboxylic acids is 1. The molecule has 0 bridgehead atoms. The molecule has 1 aromatic heterocycles. The Kier molecular flexibility index (Phi) is 4.08. The lowest BCUT2D eigenvalue weighted by Gasteiger charge is -2.26. The molecule has 26 heavy (non-hydrogen) atoms. The van der Waals surface area contributed by atoms with Gasteiger partial charge in [0.2, 0.25) is 10.0 Å². The van der Waals surface area contributed by atoms with Crippen molar-refractivity contribution in [2.45, 2.75) is 24.3 Å². The molecule has 0 radical (unpaired) electrons. The average Bonchev–Trinajstić information content (AvgIpc) is 2.91. The van der Waals surface area contributed by atoms with Crippen molar-refractivity contribution in [1.29, 1.82) is 0 Å². The molecule has 0 saturated carbocycles. The number of hydrogen-bond donors (Lipinski definition) is 2. The summed E-state index contributed by atoms with van der Waals surface area (Å²) in [7, 11) is -3.76. The van der Waals surface area contributed by atoms with Crippen LogP contribution in [0.25, 0.3) is 0 Å². The molecule has 0 amide bonds. The molecule has 138 valence electrons. The van der Waals surface area contributed by atoms with E-state index in [9.17, 15) is 13.2 Å². The lowest BCUT2D eigenvalue weighted by molar-refractivity contribution is 0.0689. The number of rotatable bonds is 3. The number of hydrogen-bond acceptors (Lipinski definition) is 6. The Morgan fingerprint density at radius 3 is 2.77 bits per heavy atom. The van der Waals surface area contributed by atoms with Crippen LogP contribution in [0, 0.1) is 0 Å². The van der Waals surface area contributed by atoms with Gasteiger partial charge < -0.3 is 14.6 Å². The van der Waals surface area contributed by atoms with Gasteiger partial charge in [0.1, 0.15) is 0 Å². The number of H-pyrrole nitrogens is 1. The summed E-state index contributed by atoms with van der Waals surface area (Å²) in [5.74, 6) is -0.181. The molecule has 2 aliphatic rings. The molecule has 0 atom stereocenters. The zero-order valence-corrected chi connectivity index (χ0v) is 14.6. The van der Waals surface area contributed by atoms with Crippen molar-refractivity contribution >= 4 is 16.0 Å². The highest BCUT2D eigenvalue weighted by molar-refractivity contribution is 7.89. The predicted molar refractivity (Wildman–Crippen MR) is 88.9 cm³/mol. The molecule has 4 rings (SSSR count). The van der Waals surface area contributed by atoms with Gasteiger partial charge in [0.05, 0.1) is 30.3 Å². The number of nitrogens with zero attached hydrogens (tertiary/aromatic N) is 2. The van der Waals surface area contributed by atoms with E-state index in [-0.39, 0.29) is 30.1 Å². The summed E-state index contributed by atoms with van der Waals surface area (Å²) < 4.78 is 38.4. The first-order valence-electron chi connectivity index (χ1n) is 8.16. The van der Waals surface area contributed by atoms with Gasteiger partial charge >= 0.3 is 5.97 Å². The number of carbonyl (C=O) groups is 1. The topological polar surface area (TPSA) is 122 Å². The standard InChI is InChI=1S/C16H17N3O6S/c20-16(21)15-11-4-5-19(9-12(11)17-18-15)26(22,23)10-2-3-13-14(8-10)25-7-1-6-24-13/h2-3,8H,1,4-7,9H2,(H,17,18)(H,20,21). The first-order valence-corrected chi connectivity index (χ1v) is 9.60. The first kappa shape index (κ1) is 16.9. The van der Waals surface area contributed by atoms with Crippen LogP contribution in [-0.2, 0) is 23.0 Å². The van der Waals surface area contributed by atoms with Crippen LogP contribution in [-0.4, -0.2) is 53.8 Å². The maximum absolute atomic E-state index is 13.0. The quantitative estimate of drug-likeness (QED) is 0.816. The Morgan fingerprint density at radius 2 is 2.00 bits per heavy atom. The van der Waals surface area contributed by atoms with Gasteiger partial charge in [-0.1, -0.05) is 0 Å². The molecule has 2 aromatic rings. The maximum atomic E-state index is 13.0. The molecule has 3 heterocycles. The van der Waals surface area contributed by atoms with Crippen molar-refractivity contribution in [2.24, 2.45) is 0 Å². The summed E-state index contributed by atoms with van der Waals surface area (Å²) in [5.41, 5.74) is 1.02. The number of aromatic nitrogens is 2. The second kappa shape index (κ2) is 6.29. The number of nitrogens with one attached hydrogen (secondary N) is 1. The molecule has 0 unspecified atom stereocenters. The minimum Gasteiger partial charge on any atom is -0.490 e. The van der Waals surface area contributed by atoms with Crippen molar-refractivity contribution in [3.05, 3.63) is 35.2 Å². The summed E-state index contributed by atoms with van der Waals surface area (Å²) in [6.45, 7) is 1.23. The van der Waals surface area contributed by atoms with E-state index in [1.807, 2.05) is 0 Å². The predicted octanol–water partition coefficient (Wildman–Crippen LogP) is 1.02. The van der Waals surface area contributed by atoms with Crippen molar-refractivity contribution in [2.75, 3.05) is 19.8 Å². The van der Waals surface area contributed by atoms with Crippen molar-refractivity contribution in [3.63, 3.8) is 0 Å². The molecule has 0 aliphatic carbocycles. The zero-order chi connectivity index (χ0) is 18.3. The molecule has 2 N–H and O–H groups in total. The highest BCUT2D eigenvalue weighted by Gasteiger charge is 2.32. The van der Waals surface area contributed by atoms with Gasteiger partial charge in [-0.25, -0.2) is 13.2 Å². The third kappa shape index (κ3) is 2.80. The lowest BCUT2D eigenvalue weighted by atomic mass is 10.1. The van der Waals surface area contributed by atoms with Gasteiger partial charge in [-0.2, -0.15) is 9.40 Å². The van der Waals surface area contributed by atoms with Crippen LogP contribution >= 0.6 is 0 Å². The van der Waals surface area contributed by atoms with Crippen LogP contribution in [0.2, 0.25) is 0 Å². The van der Waals surface area contributed by atoms with E-state index in [1.165, 1.54) is 16.4 Å². The second-order valence-corrected chi connectivity index (χ2v) is 8.02. The van der Waals surface area contributed by atoms with Gasteiger partial charge in [0.15, 0.2) is 17.2 Å². The number of carboxylic acids is 1. The van der Waals surface area contributed by atoms with Gasteiger partial charge in [0, 0.05) is 24.6 Å². The summed E-state index contributed by atoms with van der Waals surface area (Å²) in [4.78, 5) is 11.3. The smallest absolute Gasteiger partial charge is 0.356 e. The fraction of sp³-hybridized carbons (Fsp3) is 0.375. The van der Waals surface area contributed by atoms with E-state index in [2.05, 4.69) is 10.2 Å². The molecular weight excluding hydrogens is 362 g/mol. The van der Waals surface area contributed by atoms with Gasteiger partial charge in [-0.05, 0) is 18.6 Å². The SMILES string of the molecule is O=C(O)c1n[nH]c2c1CCN(S(=O)(=O)c1ccc3c(c1)OCCCO3)C2. The minimum atomic E-state index is -3.76. The van der Waals surface area contributed by atoms with E-state index >= 15 is 0 Å². The largest absolute Gasteiger partial charge is 0.490 e. The zero-order valence-electron chi connectivity index (χ0n) is 13.8. The highest BCUT2D eigenvalue weighted by atomic mass is 32.2. The fourth-order valence-electron chi connectivity index (χ4n) is 3.13. The molecule has 10 heteroatoms. The molecule has 0 fully saturated rings. The van der Waals surface area contributed by atoms with E-state index in [0.29, 0.717) is 36.0 Å². The summed E-state index contributed by atoms with van der Waals surface area (Å²) in [6.07, 6.45) is 1.02. The number of benzene rings is 1. The Balaban J connectivity index is 1.63. The van der Waals surface area contributed by atoms with Crippen LogP contribution < -0.4 is 9.47 Å². The Labute approximate surface area is 149 Å². The van der Waals surface area contributed by atoms with Crippen LogP contribution in [0.3, 0.4) is 0 Å². The van der Waals surface area contributed by atoms with E-state index < -0.39 is 16.0 Å². The molecule has 9 nitrogen and oxygen atoms in total. The average molecular weight is 379 g/mol.